The van der Waals surface area contributed by atoms with E-state index < -0.39 is 33.1 Å². The maximum absolute atomic E-state index is 12.2. The standard InChI is InChI=1S/C14H13N3O5S/c1-23(21,22)16(10-13(18)11-5-3-2-4-6-11)12-7-8-14(15-9-12)17(19)20/h2-9H,10H2,1H3. The number of carbonyl (C=O) groups excluding carboxylic acids is 1. The molecule has 0 aliphatic carbocycles. The first kappa shape index (κ1) is 16.6. The zero-order valence-corrected chi connectivity index (χ0v) is 12.9. The molecule has 120 valence electrons. The van der Waals surface area contributed by atoms with Crippen LogP contribution < -0.4 is 4.31 Å². The van der Waals surface area contributed by atoms with Crippen molar-refractivity contribution in [1.29, 1.82) is 0 Å². The van der Waals surface area contributed by atoms with E-state index in [4.69, 9.17) is 0 Å². The molecular formula is C14H13N3O5S. The predicted molar refractivity (Wildman–Crippen MR) is 83.9 cm³/mol. The largest absolute Gasteiger partial charge is 0.363 e. The van der Waals surface area contributed by atoms with E-state index in [1.54, 1.807) is 30.3 Å². The molecule has 1 aromatic carbocycles. The minimum atomic E-state index is -3.75. The number of hydrogen-bond donors (Lipinski definition) is 0. The number of sulfonamides is 1. The van der Waals surface area contributed by atoms with Gasteiger partial charge in [-0.1, -0.05) is 30.3 Å². The number of Topliss-reactive ketones (excluding diaryl/α,β-unsaturated/α-hetero) is 1. The summed E-state index contributed by atoms with van der Waals surface area (Å²) in [7, 11) is -3.75. The summed E-state index contributed by atoms with van der Waals surface area (Å²) in [6.45, 7) is -0.414. The Balaban J connectivity index is 2.31. The second-order valence-electron chi connectivity index (χ2n) is 4.69. The van der Waals surface area contributed by atoms with Crippen LogP contribution in [0.25, 0.3) is 0 Å². The molecule has 0 fully saturated rings. The van der Waals surface area contributed by atoms with Crippen molar-refractivity contribution in [2.45, 2.75) is 0 Å². The summed E-state index contributed by atoms with van der Waals surface area (Å²) < 4.78 is 24.7. The molecular weight excluding hydrogens is 322 g/mol. The molecule has 0 unspecified atom stereocenters. The van der Waals surface area contributed by atoms with Gasteiger partial charge in [-0.15, -0.1) is 0 Å². The molecule has 0 spiro atoms. The minimum absolute atomic E-state index is 0.0855. The molecule has 0 amide bonds. The van der Waals surface area contributed by atoms with Crippen molar-refractivity contribution in [3.8, 4) is 0 Å². The van der Waals surface area contributed by atoms with E-state index >= 15 is 0 Å². The Labute approximate surface area is 132 Å². The Bertz CT molecular complexity index is 819. The smallest absolute Gasteiger partial charge is 0.358 e. The number of ketones is 1. The van der Waals surface area contributed by atoms with Gasteiger partial charge in [0.2, 0.25) is 10.0 Å². The van der Waals surface area contributed by atoms with Crippen LogP contribution in [0, 0.1) is 10.1 Å². The molecule has 0 radical (unpaired) electrons. The third kappa shape index (κ3) is 4.10. The number of rotatable bonds is 6. The maximum atomic E-state index is 12.2. The van der Waals surface area contributed by atoms with Gasteiger partial charge in [0.1, 0.15) is 0 Å². The van der Waals surface area contributed by atoms with Crippen molar-refractivity contribution >= 4 is 27.3 Å². The van der Waals surface area contributed by atoms with Crippen molar-refractivity contribution in [2.75, 3.05) is 17.1 Å². The van der Waals surface area contributed by atoms with Crippen LogP contribution in [0.3, 0.4) is 0 Å². The monoisotopic (exact) mass is 335 g/mol. The van der Waals surface area contributed by atoms with Crippen LogP contribution in [0.5, 0.6) is 0 Å². The lowest BCUT2D eigenvalue weighted by Crippen LogP contribution is -2.35. The molecule has 9 heteroatoms. The van der Waals surface area contributed by atoms with Gasteiger partial charge in [0, 0.05) is 11.6 Å². The first-order valence-electron chi connectivity index (χ1n) is 6.45. The third-order valence-corrected chi connectivity index (χ3v) is 4.13. The van der Waals surface area contributed by atoms with Gasteiger partial charge in [-0.2, -0.15) is 0 Å². The van der Waals surface area contributed by atoms with Crippen molar-refractivity contribution in [3.63, 3.8) is 0 Å². The topological polar surface area (TPSA) is 110 Å². The molecule has 0 saturated heterocycles. The van der Waals surface area contributed by atoms with Crippen LogP contribution >= 0.6 is 0 Å². The van der Waals surface area contributed by atoms with Crippen LogP contribution in [0.1, 0.15) is 10.4 Å². The summed E-state index contributed by atoms with van der Waals surface area (Å²) in [6, 6.07) is 10.6. The number of nitrogens with zero attached hydrogens (tertiary/aromatic N) is 3. The molecule has 1 heterocycles. The lowest BCUT2D eigenvalue weighted by molar-refractivity contribution is -0.389. The SMILES string of the molecule is CS(=O)(=O)N(CC(=O)c1ccccc1)c1ccc([N+](=O)[O-])nc1. The molecule has 0 atom stereocenters. The zero-order chi connectivity index (χ0) is 17.0. The Morgan fingerprint density at radius 3 is 2.35 bits per heavy atom. The molecule has 2 aromatic rings. The normalized spacial score (nSPS) is 11.0. The van der Waals surface area contributed by atoms with Gasteiger partial charge in [-0.25, -0.2) is 8.42 Å². The first-order valence-corrected chi connectivity index (χ1v) is 8.30. The maximum Gasteiger partial charge on any atom is 0.363 e. The lowest BCUT2D eigenvalue weighted by Gasteiger charge is -2.20. The van der Waals surface area contributed by atoms with E-state index in [0.29, 0.717) is 5.56 Å². The van der Waals surface area contributed by atoms with Gasteiger partial charge >= 0.3 is 5.82 Å². The lowest BCUT2D eigenvalue weighted by atomic mass is 10.1. The quantitative estimate of drug-likeness (QED) is 0.451. The average Bonchev–Trinajstić information content (AvgIpc) is 2.52. The van der Waals surface area contributed by atoms with E-state index in [1.807, 2.05) is 0 Å². The summed E-state index contributed by atoms with van der Waals surface area (Å²) in [5.41, 5.74) is 0.457. The van der Waals surface area contributed by atoms with Crippen molar-refractivity contribution in [2.24, 2.45) is 0 Å². The highest BCUT2D eigenvalue weighted by Crippen LogP contribution is 2.19. The third-order valence-electron chi connectivity index (χ3n) is 2.99. The molecule has 2 rings (SSSR count). The number of carbonyl (C=O) groups is 1. The molecule has 0 bridgehead atoms. The predicted octanol–water partition coefficient (Wildman–Crippen LogP) is 1.64. The van der Waals surface area contributed by atoms with Gasteiger partial charge in [-0.3, -0.25) is 9.10 Å². The van der Waals surface area contributed by atoms with Crippen LogP contribution in [0.4, 0.5) is 11.5 Å². The van der Waals surface area contributed by atoms with Crippen LogP contribution in [-0.4, -0.2) is 36.9 Å². The second kappa shape index (κ2) is 6.53. The summed E-state index contributed by atoms with van der Waals surface area (Å²) in [5, 5.41) is 10.6. The van der Waals surface area contributed by atoms with E-state index in [1.165, 1.54) is 6.07 Å². The van der Waals surface area contributed by atoms with Crippen molar-refractivity contribution in [3.05, 3.63) is 64.3 Å². The fraction of sp³-hybridized carbons (Fsp3) is 0.143. The van der Waals surface area contributed by atoms with Crippen LogP contribution in [0.2, 0.25) is 0 Å². The number of anilines is 1. The fourth-order valence-electron chi connectivity index (χ4n) is 1.88. The molecule has 0 N–H and O–H groups in total. The zero-order valence-electron chi connectivity index (χ0n) is 12.1. The molecule has 23 heavy (non-hydrogen) atoms. The summed E-state index contributed by atoms with van der Waals surface area (Å²) in [5.74, 6) is -0.800. The molecule has 0 aliphatic heterocycles. The summed E-state index contributed by atoms with van der Waals surface area (Å²) in [4.78, 5) is 25.7. The van der Waals surface area contributed by atoms with Crippen molar-refractivity contribution < 1.29 is 18.1 Å². The van der Waals surface area contributed by atoms with Crippen LogP contribution in [0.15, 0.2) is 48.7 Å². The Morgan fingerprint density at radius 1 is 1.22 bits per heavy atom. The average molecular weight is 335 g/mol. The van der Waals surface area contributed by atoms with E-state index in [2.05, 4.69) is 4.98 Å². The number of nitro groups is 1. The molecule has 0 saturated carbocycles. The second-order valence-corrected chi connectivity index (χ2v) is 6.60. The van der Waals surface area contributed by atoms with E-state index in [0.717, 1.165) is 22.8 Å². The number of hydrogen-bond acceptors (Lipinski definition) is 6. The van der Waals surface area contributed by atoms with Gasteiger partial charge in [-0.05, 0) is 16.0 Å². The highest BCUT2D eigenvalue weighted by Gasteiger charge is 2.23. The van der Waals surface area contributed by atoms with Crippen molar-refractivity contribution in [1.82, 2.24) is 4.98 Å². The Kier molecular flexibility index (Phi) is 4.70. The first-order chi connectivity index (χ1) is 10.8. The molecule has 8 nitrogen and oxygen atoms in total. The number of aromatic nitrogens is 1. The highest BCUT2D eigenvalue weighted by atomic mass is 32.2. The molecule has 1 aromatic heterocycles. The number of benzene rings is 1. The molecule has 0 aliphatic rings. The Morgan fingerprint density at radius 2 is 1.87 bits per heavy atom. The fourth-order valence-corrected chi connectivity index (χ4v) is 2.72. The van der Waals surface area contributed by atoms with E-state index in [-0.39, 0.29) is 5.69 Å². The van der Waals surface area contributed by atoms with Gasteiger partial charge in [0.15, 0.2) is 12.0 Å². The minimum Gasteiger partial charge on any atom is -0.358 e. The summed E-state index contributed by atoms with van der Waals surface area (Å²) >= 11 is 0. The van der Waals surface area contributed by atoms with Gasteiger partial charge in [0.05, 0.1) is 18.5 Å². The number of pyridine rings is 1. The van der Waals surface area contributed by atoms with Gasteiger partial charge < -0.3 is 10.1 Å². The van der Waals surface area contributed by atoms with Crippen LogP contribution in [-0.2, 0) is 10.0 Å². The Hall–Kier alpha value is -2.81. The summed E-state index contributed by atoms with van der Waals surface area (Å²) in [6.07, 6.45) is 2.00. The highest BCUT2D eigenvalue weighted by molar-refractivity contribution is 7.92. The van der Waals surface area contributed by atoms with E-state index in [9.17, 15) is 23.3 Å². The van der Waals surface area contributed by atoms with Gasteiger partial charge in [0.25, 0.3) is 0 Å².